The number of rotatable bonds is 7. The van der Waals surface area contributed by atoms with Crippen molar-refractivity contribution in [3.05, 3.63) is 87.8 Å². The lowest BCUT2D eigenvalue weighted by Crippen LogP contribution is -2.34. The standard InChI is InChI=1S/C29H28N2O6/c1-17-24(29(35)36-2)25(26-22(30-17)9-5-10-23(26)32)18-11-13-19(14-12-18)37-16-6-15-31-27(33)20-7-3-4-8-21(20)28(31)34/h3-4,7-8,11-14,25,30H,5-6,9-10,15-16H2,1-2H3. The summed E-state index contributed by atoms with van der Waals surface area (Å²) in [5.41, 5.74) is 4.32. The van der Waals surface area contributed by atoms with E-state index in [1.165, 1.54) is 12.0 Å². The number of fused-ring (bicyclic) bond motifs is 1. The second-order valence-corrected chi connectivity index (χ2v) is 9.34. The first-order chi connectivity index (χ1) is 17.9. The Morgan fingerprint density at radius 2 is 1.68 bits per heavy atom. The SMILES string of the molecule is COC(=O)C1=C(C)NC2=C(C(=O)CCC2)C1c1ccc(OCCCN2C(=O)c3ccccc3C2=O)cc1. The van der Waals surface area contributed by atoms with Gasteiger partial charge in [-0.3, -0.25) is 19.3 Å². The number of Topliss-reactive ketones (excluding diaryl/α,β-unsaturated/α-hetero) is 1. The van der Waals surface area contributed by atoms with Gasteiger partial charge in [-0.05, 0) is 56.0 Å². The van der Waals surface area contributed by atoms with Gasteiger partial charge in [-0.2, -0.15) is 0 Å². The van der Waals surface area contributed by atoms with Crippen LogP contribution in [-0.4, -0.2) is 48.7 Å². The molecule has 0 saturated heterocycles. The summed E-state index contributed by atoms with van der Waals surface area (Å²) < 4.78 is 10.9. The van der Waals surface area contributed by atoms with Crippen LogP contribution in [0.25, 0.3) is 0 Å². The normalized spacial score (nSPS) is 19.0. The zero-order valence-electron chi connectivity index (χ0n) is 20.8. The molecule has 1 aliphatic carbocycles. The summed E-state index contributed by atoms with van der Waals surface area (Å²) in [5.74, 6) is -0.858. The van der Waals surface area contributed by atoms with E-state index in [-0.39, 0.29) is 24.1 Å². The highest BCUT2D eigenvalue weighted by atomic mass is 16.5. The Hall–Kier alpha value is -4.20. The predicted octanol–water partition coefficient (Wildman–Crippen LogP) is 3.89. The summed E-state index contributed by atoms with van der Waals surface area (Å²) in [5, 5.41) is 3.26. The van der Waals surface area contributed by atoms with Crippen molar-refractivity contribution in [3.8, 4) is 5.75 Å². The second-order valence-electron chi connectivity index (χ2n) is 9.34. The van der Waals surface area contributed by atoms with Gasteiger partial charge in [0.2, 0.25) is 0 Å². The Balaban J connectivity index is 1.26. The first-order valence-corrected chi connectivity index (χ1v) is 12.4. The van der Waals surface area contributed by atoms with E-state index in [0.717, 1.165) is 24.1 Å². The molecule has 2 heterocycles. The Bertz CT molecular complexity index is 1320. The van der Waals surface area contributed by atoms with E-state index in [1.807, 2.05) is 19.1 Å². The number of esters is 1. The van der Waals surface area contributed by atoms with Gasteiger partial charge in [0, 0.05) is 35.9 Å². The van der Waals surface area contributed by atoms with Crippen LogP contribution in [-0.2, 0) is 14.3 Å². The highest BCUT2D eigenvalue weighted by molar-refractivity contribution is 6.21. The van der Waals surface area contributed by atoms with E-state index >= 15 is 0 Å². The van der Waals surface area contributed by atoms with E-state index in [2.05, 4.69) is 5.32 Å². The van der Waals surface area contributed by atoms with Crippen LogP contribution in [0, 0.1) is 0 Å². The van der Waals surface area contributed by atoms with Gasteiger partial charge in [0.05, 0.1) is 30.4 Å². The van der Waals surface area contributed by atoms with E-state index in [1.54, 1.807) is 36.4 Å². The number of allylic oxidation sites excluding steroid dienone is 3. The molecule has 2 amide bonds. The Morgan fingerprint density at radius 1 is 1.00 bits per heavy atom. The van der Waals surface area contributed by atoms with Crippen molar-refractivity contribution in [2.24, 2.45) is 0 Å². The zero-order chi connectivity index (χ0) is 26.1. The van der Waals surface area contributed by atoms with Gasteiger partial charge in [0.1, 0.15) is 5.75 Å². The third-order valence-corrected chi connectivity index (χ3v) is 7.07. The molecule has 0 spiro atoms. The third kappa shape index (κ3) is 4.43. The lowest BCUT2D eigenvalue weighted by atomic mass is 9.75. The Kier molecular flexibility index (Phi) is 6.65. The number of hydrogen-bond donors (Lipinski definition) is 1. The Labute approximate surface area is 214 Å². The van der Waals surface area contributed by atoms with Gasteiger partial charge in [0.15, 0.2) is 5.78 Å². The third-order valence-electron chi connectivity index (χ3n) is 7.07. The monoisotopic (exact) mass is 500 g/mol. The highest BCUT2D eigenvalue weighted by Crippen LogP contribution is 2.42. The number of amides is 2. The fourth-order valence-electron chi connectivity index (χ4n) is 5.31. The fraction of sp³-hybridized carbons (Fsp3) is 0.310. The molecule has 37 heavy (non-hydrogen) atoms. The molecule has 0 radical (unpaired) electrons. The number of methoxy groups -OCH3 is 1. The van der Waals surface area contributed by atoms with Crippen LogP contribution in [0.1, 0.15) is 64.8 Å². The van der Waals surface area contributed by atoms with Gasteiger partial charge in [-0.1, -0.05) is 24.3 Å². The molecule has 1 atom stereocenters. The van der Waals surface area contributed by atoms with Gasteiger partial charge < -0.3 is 14.8 Å². The molecule has 190 valence electrons. The van der Waals surface area contributed by atoms with Crippen LogP contribution < -0.4 is 10.1 Å². The molecular weight excluding hydrogens is 472 g/mol. The van der Waals surface area contributed by atoms with Crippen LogP contribution in [0.3, 0.4) is 0 Å². The zero-order valence-corrected chi connectivity index (χ0v) is 20.8. The molecule has 8 nitrogen and oxygen atoms in total. The molecule has 0 saturated carbocycles. The van der Waals surface area contributed by atoms with Crippen LogP contribution in [0.15, 0.2) is 71.1 Å². The number of ether oxygens (including phenoxy) is 2. The number of carbonyl (C=O) groups excluding carboxylic acids is 4. The van der Waals surface area contributed by atoms with Crippen molar-refractivity contribution in [2.75, 3.05) is 20.3 Å². The van der Waals surface area contributed by atoms with Gasteiger partial charge >= 0.3 is 5.97 Å². The number of imide groups is 1. The summed E-state index contributed by atoms with van der Waals surface area (Å²) in [4.78, 5) is 51.8. The number of nitrogens with zero attached hydrogens (tertiary/aromatic N) is 1. The summed E-state index contributed by atoms with van der Waals surface area (Å²) in [6.07, 6.45) is 2.49. The fourth-order valence-corrected chi connectivity index (χ4v) is 5.31. The molecule has 8 heteroatoms. The number of dihydropyridines is 1. The Morgan fingerprint density at radius 3 is 2.32 bits per heavy atom. The van der Waals surface area contributed by atoms with Crippen LogP contribution >= 0.6 is 0 Å². The van der Waals surface area contributed by atoms with Crippen molar-refractivity contribution in [2.45, 2.75) is 38.5 Å². The molecule has 0 aromatic heterocycles. The molecule has 3 aliphatic rings. The maximum Gasteiger partial charge on any atom is 0.336 e. The molecule has 2 aromatic carbocycles. The average molecular weight is 501 g/mol. The topological polar surface area (TPSA) is 102 Å². The van der Waals surface area contributed by atoms with Gasteiger partial charge in [-0.15, -0.1) is 0 Å². The summed E-state index contributed by atoms with van der Waals surface area (Å²) in [7, 11) is 1.34. The van der Waals surface area contributed by atoms with E-state index < -0.39 is 11.9 Å². The van der Waals surface area contributed by atoms with E-state index in [4.69, 9.17) is 9.47 Å². The van der Waals surface area contributed by atoms with Crippen molar-refractivity contribution in [3.63, 3.8) is 0 Å². The largest absolute Gasteiger partial charge is 0.494 e. The van der Waals surface area contributed by atoms with Crippen LogP contribution in [0.4, 0.5) is 0 Å². The van der Waals surface area contributed by atoms with E-state index in [0.29, 0.717) is 53.2 Å². The predicted molar refractivity (Wildman–Crippen MR) is 135 cm³/mol. The lowest BCUT2D eigenvalue weighted by molar-refractivity contribution is -0.136. The summed E-state index contributed by atoms with van der Waals surface area (Å²) in [6, 6.07) is 14.1. The van der Waals surface area contributed by atoms with Gasteiger partial charge in [0.25, 0.3) is 11.8 Å². The molecule has 5 rings (SSSR count). The molecular formula is C29H28N2O6. The lowest BCUT2D eigenvalue weighted by Gasteiger charge is -2.34. The summed E-state index contributed by atoms with van der Waals surface area (Å²) >= 11 is 0. The highest BCUT2D eigenvalue weighted by Gasteiger charge is 2.39. The molecule has 2 aliphatic heterocycles. The number of hydrogen-bond acceptors (Lipinski definition) is 7. The molecule has 1 N–H and O–H groups in total. The van der Waals surface area contributed by atoms with Crippen LogP contribution in [0.2, 0.25) is 0 Å². The van der Waals surface area contributed by atoms with Crippen molar-refractivity contribution in [1.82, 2.24) is 10.2 Å². The minimum Gasteiger partial charge on any atom is -0.494 e. The maximum atomic E-state index is 12.9. The van der Waals surface area contributed by atoms with Crippen molar-refractivity contribution < 1.29 is 28.7 Å². The number of ketones is 1. The number of nitrogens with one attached hydrogen (secondary N) is 1. The molecule has 0 bridgehead atoms. The second kappa shape index (κ2) is 10.0. The first kappa shape index (κ1) is 24.5. The van der Waals surface area contributed by atoms with Crippen molar-refractivity contribution >= 4 is 23.6 Å². The quantitative estimate of drug-likeness (QED) is 0.350. The molecule has 2 aromatic rings. The number of benzene rings is 2. The first-order valence-electron chi connectivity index (χ1n) is 12.4. The summed E-state index contributed by atoms with van der Waals surface area (Å²) in [6.45, 7) is 2.42. The molecule has 0 fully saturated rings. The van der Waals surface area contributed by atoms with E-state index in [9.17, 15) is 19.2 Å². The maximum absolute atomic E-state index is 12.9. The van der Waals surface area contributed by atoms with Crippen LogP contribution in [0.5, 0.6) is 5.75 Å². The smallest absolute Gasteiger partial charge is 0.336 e. The van der Waals surface area contributed by atoms with Gasteiger partial charge in [-0.25, -0.2) is 4.79 Å². The minimum atomic E-state index is -0.501. The minimum absolute atomic E-state index is 0.0427. The average Bonchev–Trinajstić information content (AvgIpc) is 3.15. The number of carbonyl (C=O) groups is 4. The van der Waals surface area contributed by atoms with Crippen molar-refractivity contribution in [1.29, 1.82) is 0 Å². The molecule has 1 unspecified atom stereocenters.